The Bertz CT molecular complexity index is 1230. The highest BCUT2D eigenvalue weighted by molar-refractivity contribution is 7.19. The number of alkyl halides is 5. The summed E-state index contributed by atoms with van der Waals surface area (Å²) in [4.78, 5) is 34.8. The number of ketones is 1. The van der Waals surface area contributed by atoms with Gasteiger partial charge < -0.3 is 15.2 Å². The molecule has 44 heavy (non-hydrogen) atoms. The van der Waals surface area contributed by atoms with E-state index in [2.05, 4.69) is 14.2 Å². The van der Waals surface area contributed by atoms with Gasteiger partial charge in [-0.3, -0.25) is 14.5 Å². The lowest BCUT2D eigenvalue weighted by atomic mass is 9.90. The van der Waals surface area contributed by atoms with Crippen molar-refractivity contribution in [3.8, 4) is 0 Å². The number of piperazine rings is 1. The number of likely N-dealkylation sites (tertiary alicyclic amines) is 1. The van der Waals surface area contributed by atoms with Crippen LogP contribution in [0.25, 0.3) is 0 Å². The normalized spacial score (nSPS) is 24.6. The molecule has 246 valence electrons. The summed E-state index contributed by atoms with van der Waals surface area (Å²) in [5, 5.41) is 6.73. The van der Waals surface area contributed by atoms with Gasteiger partial charge in [-0.15, -0.1) is 0 Å². The molecule has 3 fully saturated rings. The van der Waals surface area contributed by atoms with Gasteiger partial charge in [-0.2, -0.15) is 13.2 Å². The van der Waals surface area contributed by atoms with Gasteiger partial charge in [-0.25, -0.2) is 13.8 Å². The number of hydrogen-bond donors (Lipinski definition) is 1. The third-order valence-electron chi connectivity index (χ3n) is 8.68. The highest BCUT2D eigenvalue weighted by Crippen LogP contribution is 2.40. The Morgan fingerprint density at radius 3 is 2.20 bits per heavy atom. The quantitative estimate of drug-likeness (QED) is 0.129. The Balaban J connectivity index is 1.63. The molecule has 0 bridgehead atoms. The maximum absolute atomic E-state index is 15.7. The Labute approximate surface area is 259 Å². The van der Waals surface area contributed by atoms with Gasteiger partial charge in [-0.05, 0) is 43.8 Å². The molecule has 3 aliphatic rings. The summed E-state index contributed by atoms with van der Waals surface area (Å²) in [5.41, 5.74) is -3.70. The Morgan fingerprint density at radius 1 is 1.11 bits per heavy atom. The number of nitrogens with zero attached hydrogens (tertiary/aromatic N) is 4. The van der Waals surface area contributed by atoms with Gasteiger partial charge in [0, 0.05) is 57.5 Å². The molecule has 3 unspecified atom stereocenters. The van der Waals surface area contributed by atoms with E-state index in [0.29, 0.717) is 24.5 Å². The molecule has 1 saturated carbocycles. The third kappa shape index (κ3) is 7.66. The molecule has 3 rings (SSSR count). The maximum atomic E-state index is 15.7. The first kappa shape index (κ1) is 36.0. The van der Waals surface area contributed by atoms with Crippen molar-refractivity contribution in [1.82, 2.24) is 14.7 Å². The first-order valence-corrected chi connectivity index (χ1v) is 15.9. The van der Waals surface area contributed by atoms with Crippen LogP contribution in [0, 0.1) is 11.3 Å². The number of amides is 1. The van der Waals surface area contributed by atoms with Crippen molar-refractivity contribution in [3.05, 3.63) is 34.7 Å². The zero-order valence-corrected chi connectivity index (χ0v) is 27.4. The van der Waals surface area contributed by atoms with Gasteiger partial charge in [0.2, 0.25) is 5.67 Å². The first-order chi connectivity index (χ1) is 20.5. The van der Waals surface area contributed by atoms with Crippen molar-refractivity contribution in [3.63, 3.8) is 0 Å². The van der Waals surface area contributed by atoms with Crippen LogP contribution in [-0.4, -0.2) is 101 Å². The number of hydrogen-bond acceptors (Lipinski definition) is 6. The average Bonchev–Trinajstić information content (AvgIpc) is 3.31. The Morgan fingerprint density at radius 2 is 1.70 bits per heavy atom. The van der Waals surface area contributed by atoms with Crippen molar-refractivity contribution in [2.24, 2.45) is 10.9 Å². The van der Waals surface area contributed by atoms with E-state index in [4.69, 9.17) is 5.41 Å². The van der Waals surface area contributed by atoms with E-state index < -0.39 is 40.6 Å². The van der Waals surface area contributed by atoms with Crippen LogP contribution in [0.4, 0.5) is 22.0 Å². The molecule has 1 aliphatic carbocycles. The van der Waals surface area contributed by atoms with Gasteiger partial charge >= 0.3 is 6.18 Å². The molecule has 3 atom stereocenters. The molecule has 2 heterocycles. The fraction of sp³-hybridized carbons (Fsp3) is 0.677. The van der Waals surface area contributed by atoms with Crippen LogP contribution in [0.3, 0.4) is 0 Å². The zero-order chi connectivity index (χ0) is 33.0. The molecule has 2 aliphatic heterocycles. The van der Waals surface area contributed by atoms with Gasteiger partial charge in [0.1, 0.15) is 11.4 Å². The Kier molecular flexibility index (Phi) is 11.7. The van der Waals surface area contributed by atoms with Gasteiger partial charge in [0.05, 0.1) is 11.8 Å². The largest absolute Gasteiger partial charge is 0.420 e. The fourth-order valence-electron chi connectivity index (χ4n) is 5.84. The van der Waals surface area contributed by atoms with Gasteiger partial charge in [-0.1, -0.05) is 49.4 Å². The summed E-state index contributed by atoms with van der Waals surface area (Å²) in [7, 11) is 2.26. The van der Waals surface area contributed by atoms with Crippen molar-refractivity contribution in [1.29, 1.82) is 5.41 Å². The predicted octanol–water partition coefficient (Wildman–Crippen LogP) is 6.03. The minimum atomic E-state index is -4.87. The number of halogens is 5. The maximum Gasteiger partial charge on any atom is 0.420 e. The number of carbonyl (C=O) groups is 2. The monoisotopic (exact) mass is 645 g/mol. The van der Waals surface area contributed by atoms with Crippen molar-refractivity contribution < 1.29 is 31.5 Å². The lowest BCUT2D eigenvalue weighted by Gasteiger charge is -2.48. The molecule has 1 amide bonds. The molecule has 0 radical (unpaired) electrons. The topological polar surface area (TPSA) is 80.1 Å². The van der Waals surface area contributed by atoms with E-state index in [9.17, 15) is 22.8 Å². The lowest BCUT2D eigenvalue weighted by Crippen LogP contribution is -2.70. The molecule has 7 nitrogen and oxygen atoms in total. The predicted molar refractivity (Wildman–Crippen MR) is 166 cm³/mol. The zero-order valence-electron chi connectivity index (χ0n) is 26.2. The molecule has 2 saturated heterocycles. The number of aliphatic imine (C=N–C) groups is 1. The van der Waals surface area contributed by atoms with E-state index in [1.165, 1.54) is 22.9 Å². The molecule has 1 N–H and O–H groups in total. The standard InChI is InChI=1S/C31H45F5N5O2P/c1-6-9-10-25(38-17-21(7-2)30(33,44)20(4)5)39-13-15-40(16-14-39)28(43)29(32)18-41(19-29)23-12-11-22(27(23)37)26(24(42)8-3)31(34,35)36/h7,10,17,20,23,37H,6,8-9,11-16,18-19,44H2,1-5H3/b21-7+,25-10-,26-22+,37-27?,38-17-. The second kappa shape index (κ2) is 14.3. The third-order valence-corrected chi connectivity index (χ3v) is 9.68. The minimum absolute atomic E-state index is 0.0947. The van der Waals surface area contributed by atoms with Crippen LogP contribution in [-0.2, 0) is 9.59 Å². The second-order valence-corrected chi connectivity index (χ2v) is 12.9. The summed E-state index contributed by atoms with van der Waals surface area (Å²) in [6.07, 6.45) is 1.71. The van der Waals surface area contributed by atoms with E-state index >= 15 is 8.78 Å². The number of carbonyl (C=O) groups excluding carboxylic acids is 2. The average molecular weight is 646 g/mol. The SMILES string of the molecule is C\C=C(/C=N\C(=C\CCC)N1CCN(C(=O)C2(F)CN(C3CC/C(=C(/C(=O)CC)C(F)(F)F)C3=N)C2)CC1)C(F)(P)C(C)C. The number of unbranched alkanes of at least 4 members (excludes halogenated alkanes) is 1. The van der Waals surface area contributed by atoms with E-state index in [1.54, 1.807) is 26.8 Å². The number of nitrogens with one attached hydrogen (secondary N) is 1. The summed E-state index contributed by atoms with van der Waals surface area (Å²) in [5.74, 6) is -1.35. The highest BCUT2D eigenvalue weighted by atomic mass is 31.0. The summed E-state index contributed by atoms with van der Waals surface area (Å²) in [6, 6.07) is -0.771. The van der Waals surface area contributed by atoms with Gasteiger partial charge in [0.25, 0.3) is 5.91 Å². The molecule has 13 heteroatoms. The van der Waals surface area contributed by atoms with Crippen LogP contribution in [0.5, 0.6) is 0 Å². The molecule has 0 aromatic carbocycles. The van der Waals surface area contributed by atoms with Crippen molar-refractivity contribution in [2.75, 3.05) is 39.3 Å². The number of Topliss-reactive ketones (excluding diaryl/α,β-unsaturated/α-hetero) is 1. The molecular weight excluding hydrogens is 600 g/mol. The smallest absolute Gasteiger partial charge is 0.353 e. The molecule has 0 aromatic heterocycles. The molecular formula is C31H45F5N5O2P. The van der Waals surface area contributed by atoms with Crippen LogP contribution in [0.15, 0.2) is 39.7 Å². The van der Waals surface area contributed by atoms with E-state index in [1.807, 2.05) is 17.9 Å². The highest BCUT2D eigenvalue weighted by Gasteiger charge is 2.56. The summed E-state index contributed by atoms with van der Waals surface area (Å²) in [6.45, 7) is 9.40. The van der Waals surface area contributed by atoms with Crippen molar-refractivity contribution >= 4 is 32.9 Å². The summed E-state index contributed by atoms with van der Waals surface area (Å²) < 4.78 is 71.8. The van der Waals surface area contributed by atoms with Crippen molar-refractivity contribution in [2.45, 2.75) is 90.0 Å². The van der Waals surface area contributed by atoms with Crippen LogP contribution in [0.2, 0.25) is 0 Å². The van der Waals surface area contributed by atoms with Gasteiger partial charge in [0.15, 0.2) is 11.2 Å². The summed E-state index contributed by atoms with van der Waals surface area (Å²) >= 11 is 0. The van der Waals surface area contributed by atoms with Crippen LogP contribution in [0.1, 0.15) is 66.7 Å². The molecule has 0 spiro atoms. The van der Waals surface area contributed by atoms with Crippen LogP contribution < -0.4 is 0 Å². The Hall–Kier alpha value is -2.46. The van der Waals surface area contributed by atoms with Crippen LogP contribution >= 0.6 is 9.24 Å². The minimum Gasteiger partial charge on any atom is -0.353 e. The van der Waals surface area contributed by atoms with E-state index in [0.717, 1.165) is 12.8 Å². The lowest BCUT2D eigenvalue weighted by molar-refractivity contribution is -0.159. The number of rotatable bonds is 11. The molecule has 0 aromatic rings. The number of allylic oxidation sites excluding steroid dienone is 4. The van der Waals surface area contributed by atoms with E-state index in [-0.39, 0.29) is 62.6 Å². The second-order valence-electron chi connectivity index (χ2n) is 12.0. The first-order valence-electron chi connectivity index (χ1n) is 15.3. The fourth-order valence-corrected chi connectivity index (χ4v) is 6.08.